The predicted molar refractivity (Wildman–Crippen MR) is 69.7 cm³/mol. The summed E-state index contributed by atoms with van der Waals surface area (Å²) >= 11 is 3.31. The molecule has 5 heteroatoms. The van der Waals surface area contributed by atoms with Crippen LogP contribution in [0, 0.1) is 0 Å². The van der Waals surface area contributed by atoms with Crippen molar-refractivity contribution in [2.45, 2.75) is 18.9 Å². The number of nitrogens with zero attached hydrogens (tertiary/aromatic N) is 1. The minimum atomic E-state index is -0.398. The van der Waals surface area contributed by atoms with Crippen molar-refractivity contribution in [1.82, 2.24) is 4.90 Å². The molecule has 0 unspecified atom stereocenters. The maximum absolute atomic E-state index is 12.2. The number of aliphatic hydroxyl groups is 1. The van der Waals surface area contributed by atoms with Gasteiger partial charge in [-0.1, -0.05) is 0 Å². The Bertz CT molecular complexity index is 437. The summed E-state index contributed by atoms with van der Waals surface area (Å²) in [5, 5.41) is 9.55. The van der Waals surface area contributed by atoms with E-state index in [0.29, 0.717) is 24.3 Å². The van der Waals surface area contributed by atoms with Gasteiger partial charge in [0.2, 0.25) is 0 Å². The standard InChI is InChI=1S/C12H15BrN2O2/c13-10-6-8(3-4-11(10)14)12(17)15-5-1-2-9(16)7-15/h3-4,6,9,16H,1-2,5,7,14H2/t9-/m0/s1. The van der Waals surface area contributed by atoms with Crippen molar-refractivity contribution < 1.29 is 9.90 Å². The first-order valence-electron chi connectivity index (χ1n) is 5.60. The molecule has 4 nitrogen and oxygen atoms in total. The van der Waals surface area contributed by atoms with Crippen molar-refractivity contribution in [2.75, 3.05) is 18.8 Å². The third-order valence-corrected chi connectivity index (χ3v) is 3.62. The van der Waals surface area contributed by atoms with E-state index in [9.17, 15) is 9.90 Å². The van der Waals surface area contributed by atoms with Gasteiger partial charge < -0.3 is 15.7 Å². The van der Waals surface area contributed by atoms with E-state index in [1.165, 1.54) is 0 Å². The zero-order valence-electron chi connectivity index (χ0n) is 9.40. The molecule has 0 saturated carbocycles. The summed E-state index contributed by atoms with van der Waals surface area (Å²) in [6.45, 7) is 1.12. The summed E-state index contributed by atoms with van der Waals surface area (Å²) in [6, 6.07) is 5.14. The van der Waals surface area contributed by atoms with Crippen LogP contribution in [0.5, 0.6) is 0 Å². The van der Waals surface area contributed by atoms with Gasteiger partial charge in [-0.2, -0.15) is 0 Å². The van der Waals surface area contributed by atoms with E-state index in [1.807, 2.05) is 0 Å². The second-order valence-corrected chi connectivity index (χ2v) is 5.14. The van der Waals surface area contributed by atoms with Crippen molar-refractivity contribution in [1.29, 1.82) is 0 Å². The second kappa shape index (κ2) is 5.06. The molecule has 0 aromatic heterocycles. The van der Waals surface area contributed by atoms with Crippen LogP contribution in [-0.4, -0.2) is 35.1 Å². The maximum Gasteiger partial charge on any atom is 0.253 e. The van der Waals surface area contributed by atoms with Gasteiger partial charge in [-0.3, -0.25) is 4.79 Å². The molecule has 0 aliphatic carbocycles. The largest absolute Gasteiger partial charge is 0.398 e. The van der Waals surface area contributed by atoms with E-state index in [1.54, 1.807) is 23.1 Å². The van der Waals surface area contributed by atoms with E-state index in [0.717, 1.165) is 17.3 Å². The average Bonchev–Trinajstić information content (AvgIpc) is 2.32. The first kappa shape index (κ1) is 12.4. The number of carbonyl (C=O) groups excluding carboxylic acids is 1. The van der Waals surface area contributed by atoms with Crippen molar-refractivity contribution in [3.05, 3.63) is 28.2 Å². The highest BCUT2D eigenvalue weighted by molar-refractivity contribution is 9.10. The number of carbonyl (C=O) groups is 1. The Morgan fingerprint density at radius 1 is 1.53 bits per heavy atom. The van der Waals surface area contributed by atoms with Crippen LogP contribution >= 0.6 is 15.9 Å². The van der Waals surface area contributed by atoms with E-state index in [2.05, 4.69) is 15.9 Å². The second-order valence-electron chi connectivity index (χ2n) is 4.28. The molecule has 1 aliphatic rings. The lowest BCUT2D eigenvalue weighted by Crippen LogP contribution is -2.42. The first-order valence-corrected chi connectivity index (χ1v) is 6.39. The molecule has 1 fully saturated rings. The van der Waals surface area contributed by atoms with Crippen LogP contribution in [0.2, 0.25) is 0 Å². The van der Waals surface area contributed by atoms with Crippen LogP contribution < -0.4 is 5.73 Å². The summed E-state index contributed by atoms with van der Waals surface area (Å²) in [7, 11) is 0. The Hall–Kier alpha value is -1.07. The predicted octanol–water partition coefficient (Wildman–Crippen LogP) is 1.63. The highest BCUT2D eigenvalue weighted by atomic mass is 79.9. The first-order chi connectivity index (χ1) is 8.08. The molecule has 1 aromatic rings. The summed E-state index contributed by atoms with van der Waals surface area (Å²) in [5.74, 6) is -0.0514. The number of amides is 1. The fourth-order valence-corrected chi connectivity index (χ4v) is 2.36. The molecule has 1 atom stereocenters. The third-order valence-electron chi connectivity index (χ3n) is 2.93. The Kier molecular flexibility index (Phi) is 3.69. The van der Waals surface area contributed by atoms with E-state index in [-0.39, 0.29) is 5.91 Å². The summed E-state index contributed by atoms with van der Waals surface area (Å²) in [6.07, 6.45) is 1.23. The zero-order valence-corrected chi connectivity index (χ0v) is 11.0. The SMILES string of the molecule is Nc1ccc(C(=O)N2CCC[C@H](O)C2)cc1Br. The van der Waals surface area contributed by atoms with Crippen molar-refractivity contribution >= 4 is 27.5 Å². The van der Waals surface area contributed by atoms with Gasteiger partial charge in [-0.25, -0.2) is 0 Å². The number of hydrogen-bond donors (Lipinski definition) is 2. The number of benzene rings is 1. The molecule has 1 aromatic carbocycles. The Morgan fingerprint density at radius 3 is 2.94 bits per heavy atom. The van der Waals surface area contributed by atoms with Gasteiger partial charge in [0.05, 0.1) is 6.10 Å². The smallest absolute Gasteiger partial charge is 0.253 e. The number of hydrogen-bond acceptors (Lipinski definition) is 3. The lowest BCUT2D eigenvalue weighted by atomic mass is 10.1. The molecular formula is C12H15BrN2O2. The lowest BCUT2D eigenvalue weighted by molar-refractivity contribution is 0.0473. The van der Waals surface area contributed by atoms with Gasteiger partial charge >= 0.3 is 0 Å². The number of piperidine rings is 1. The minimum Gasteiger partial charge on any atom is -0.398 e. The van der Waals surface area contributed by atoms with Crippen molar-refractivity contribution in [3.8, 4) is 0 Å². The molecule has 1 saturated heterocycles. The highest BCUT2D eigenvalue weighted by Gasteiger charge is 2.23. The van der Waals surface area contributed by atoms with Crippen LogP contribution in [0.4, 0.5) is 5.69 Å². The molecule has 17 heavy (non-hydrogen) atoms. The number of anilines is 1. The van der Waals surface area contributed by atoms with Crippen molar-refractivity contribution in [2.24, 2.45) is 0 Å². The monoisotopic (exact) mass is 298 g/mol. The normalized spacial score (nSPS) is 20.4. The highest BCUT2D eigenvalue weighted by Crippen LogP contribution is 2.22. The molecule has 1 amide bonds. The van der Waals surface area contributed by atoms with Gasteiger partial charge in [0.15, 0.2) is 0 Å². The number of nitrogen functional groups attached to an aromatic ring is 1. The molecular weight excluding hydrogens is 284 g/mol. The van der Waals surface area contributed by atoms with Crippen LogP contribution in [0.15, 0.2) is 22.7 Å². The van der Waals surface area contributed by atoms with Gasteiger partial charge in [0.1, 0.15) is 0 Å². The summed E-state index contributed by atoms with van der Waals surface area (Å²) in [5.41, 5.74) is 6.89. The average molecular weight is 299 g/mol. The van der Waals surface area contributed by atoms with Crippen molar-refractivity contribution in [3.63, 3.8) is 0 Å². The number of β-amino-alcohol motifs (C(OH)–C–C–N with tert-alkyl or cyclic N) is 1. The Labute approximate surface area is 109 Å². The molecule has 0 bridgehead atoms. The lowest BCUT2D eigenvalue weighted by Gasteiger charge is -2.30. The topological polar surface area (TPSA) is 66.6 Å². The maximum atomic E-state index is 12.2. The van der Waals surface area contributed by atoms with Crippen LogP contribution in [-0.2, 0) is 0 Å². The molecule has 1 aliphatic heterocycles. The van der Waals surface area contributed by atoms with E-state index < -0.39 is 6.10 Å². The van der Waals surface area contributed by atoms with Gasteiger partial charge in [0, 0.05) is 28.8 Å². The van der Waals surface area contributed by atoms with Crippen LogP contribution in [0.1, 0.15) is 23.2 Å². The molecule has 1 heterocycles. The summed E-state index contributed by atoms with van der Waals surface area (Å²) < 4.78 is 0.723. The van der Waals surface area contributed by atoms with Gasteiger partial charge in [-0.15, -0.1) is 0 Å². The fourth-order valence-electron chi connectivity index (χ4n) is 1.98. The van der Waals surface area contributed by atoms with Crippen LogP contribution in [0.3, 0.4) is 0 Å². The zero-order chi connectivity index (χ0) is 12.4. The van der Waals surface area contributed by atoms with Crippen LogP contribution in [0.25, 0.3) is 0 Å². The quantitative estimate of drug-likeness (QED) is 0.775. The van der Waals surface area contributed by atoms with E-state index in [4.69, 9.17) is 5.73 Å². The number of likely N-dealkylation sites (tertiary alicyclic amines) is 1. The Morgan fingerprint density at radius 2 is 2.29 bits per heavy atom. The molecule has 2 rings (SSSR count). The fraction of sp³-hybridized carbons (Fsp3) is 0.417. The summed E-state index contributed by atoms with van der Waals surface area (Å²) in [4.78, 5) is 13.8. The number of nitrogens with two attached hydrogens (primary N) is 1. The van der Waals surface area contributed by atoms with Gasteiger partial charge in [0.25, 0.3) is 5.91 Å². The number of halogens is 1. The molecule has 0 radical (unpaired) electrons. The molecule has 0 spiro atoms. The minimum absolute atomic E-state index is 0.0514. The van der Waals surface area contributed by atoms with E-state index >= 15 is 0 Å². The number of rotatable bonds is 1. The molecule has 92 valence electrons. The number of aliphatic hydroxyl groups excluding tert-OH is 1. The van der Waals surface area contributed by atoms with Gasteiger partial charge in [-0.05, 0) is 47.0 Å². The third kappa shape index (κ3) is 2.79. The Balaban J connectivity index is 2.15. The molecule has 3 N–H and O–H groups in total.